The molecule has 0 spiro atoms. The maximum Gasteiger partial charge on any atom is 0.344 e. The average molecular weight is 246 g/mol. The van der Waals surface area contributed by atoms with Crippen LogP contribution in [0.15, 0.2) is 0 Å². The van der Waals surface area contributed by atoms with Gasteiger partial charge in [0.25, 0.3) is 0 Å². The third-order valence-electron chi connectivity index (χ3n) is 1.09. The second-order valence-electron chi connectivity index (χ2n) is 3.43. The summed E-state index contributed by atoms with van der Waals surface area (Å²) < 4.78 is 22.4. The zero-order valence-electron chi connectivity index (χ0n) is 9.44. The molecule has 0 fully saturated rings. The fourth-order valence-electron chi connectivity index (χ4n) is 0.935. The minimum Gasteiger partial charge on any atom is -0.309 e. The molecule has 0 aromatic carbocycles. The quantitative estimate of drug-likeness (QED) is 0.731. The van der Waals surface area contributed by atoms with Crippen LogP contribution in [0.1, 0.15) is 27.7 Å². The van der Waals surface area contributed by atoms with Gasteiger partial charge >= 0.3 is 7.60 Å². The lowest BCUT2D eigenvalue weighted by molar-refractivity contribution is 0.141. The molecule has 0 atom stereocenters. The molecule has 0 radical (unpaired) electrons. The number of nitrogens with one attached hydrogen (secondary N) is 1. The first-order valence-electron chi connectivity index (χ1n) is 4.50. The first kappa shape index (κ1) is 16.8. The number of halogens is 1. The molecular formula is C8H21ClNO3P. The Labute approximate surface area is 92.7 Å². The molecule has 0 aromatic rings. The summed E-state index contributed by atoms with van der Waals surface area (Å²) in [6, 6.07) is 0. The Morgan fingerprint density at radius 1 is 1.14 bits per heavy atom. The summed E-state index contributed by atoms with van der Waals surface area (Å²) in [4.78, 5) is 0. The Morgan fingerprint density at radius 3 is 1.71 bits per heavy atom. The Morgan fingerprint density at radius 2 is 1.50 bits per heavy atom. The van der Waals surface area contributed by atoms with Gasteiger partial charge in [0, 0.05) is 0 Å². The van der Waals surface area contributed by atoms with Gasteiger partial charge in [-0.05, 0) is 34.7 Å². The van der Waals surface area contributed by atoms with Crippen LogP contribution in [-0.4, -0.2) is 25.5 Å². The summed E-state index contributed by atoms with van der Waals surface area (Å²) in [5, 5.41) is 2.81. The van der Waals surface area contributed by atoms with Gasteiger partial charge in [-0.2, -0.15) is 0 Å². The second-order valence-corrected chi connectivity index (χ2v) is 5.39. The summed E-state index contributed by atoms with van der Waals surface area (Å²) in [6.45, 7) is 7.36. The minimum atomic E-state index is -2.94. The van der Waals surface area contributed by atoms with E-state index in [1.54, 1.807) is 7.05 Å². The van der Waals surface area contributed by atoms with Crippen molar-refractivity contribution < 1.29 is 13.6 Å². The van der Waals surface area contributed by atoms with Crippen molar-refractivity contribution in [2.24, 2.45) is 0 Å². The van der Waals surface area contributed by atoms with E-state index in [1.165, 1.54) is 0 Å². The van der Waals surface area contributed by atoms with E-state index in [2.05, 4.69) is 5.32 Å². The van der Waals surface area contributed by atoms with Crippen molar-refractivity contribution in [3.05, 3.63) is 0 Å². The van der Waals surface area contributed by atoms with Gasteiger partial charge in [-0.3, -0.25) is 4.57 Å². The summed E-state index contributed by atoms with van der Waals surface area (Å²) in [7, 11) is -1.22. The van der Waals surface area contributed by atoms with Gasteiger partial charge in [0.1, 0.15) is 0 Å². The molecule has 0 aromatic heterocycles. The lowest BCUT2D eigenvalue weighted by Crippen LogP contribution is -2.17. The molecule has 0 unspecified atom stereocenters. The van der Waals surface area contributed by atoms with E-state index >= 15 is 0 Å². The zero-order chi connectivity index (χ0) is 10.5. The summed E-state index contributed by atoms with van der Waals surface area (Å²) in [5.74, 6) is 0. The lowest BCUT2D eigenvalue weighted by atomic mass is 10.5. The van der Waals surface area contributed by atoms with E-state index in [9.17, 15) is 4.57 Å². The number of hydrogen-bond donors (Lipinski definition) is 1. The Bertz CT molecular complexity index is 173. The molecular weight excluding hydrogens is 225 g/mol. The van der Waals surface area contributed by atoms with Gasteiger partial charge in [-0.1, -0.05) is 0 Å². The maximum absolute atomic E-state index is 11.9. The fourth-order valence-corrected chi connectivity index (χ4v) is 2.81. The van der Waals surface area contributed by atoms with Crippen molar-refractivity contribution in [3.8, 4) is 0 Å². The smallest absolute Gasteiger partial charge is 0.309 e. The lowest BCUT2D eigenvalue weighted by Gasteiger charge is -2.22. The van der Waals surface area contributed by atoms with Crippen molar-refractivity contribution in [1.82, 2.24) is 5.32 Å². The van der Waals surface area contributed by atoms with Crippen molar-refractivity contribution in [1.29, 1.82) is 0 Å². The third-order valence-corrected chi connectivity index (χ3v) is 3.28. The van der Waals surface area contributed by atoms with Gasteiger partial charge in [0.2, 0.25) is 0 Å². The van der Waals surface area contributed by atoms with Gasteiger partial charge in [0.05, 0.1) is 18.5 Å². The van der Waals surface area contributed by atoms with E-state index in [0.717, 1.165) is 0 Å². The highest BCUT2D eigenvalue weighted by Gasteiger charge is 2.26. The summed E-state index contributed by atoms with van der Waals surface area (Å²) >= 11 is 0. The van der Waals surface area contributed by atoms with Gasteiger partial charge < -0.3 is 14.4 Å². The highest BCUT2D eigenvalue weighted by molar-refractivity contribution is 7.53. The molecule has 0 rings (SSSR count). The van der Waals surface area contributed by atoms with E-state index in [-0.39, 0.29) is 30.9 Å². The first-order chi connectivity index (χ1) is 5.89. The molecule has 1 N–H and O–H groups in total. The van der Waals surface area contributed by atoms with Crippen molar-refractivity contribution in [3.63, 3.8) is 0 Å². The molecule has 0 aliphatic heterocycles. The molecule has 0 heterocycles. The predicted octanol–water partition coefficient (Wildman–Crippen LogP) is 2.63. The first-order valence-corrected chi connectivity index (χ1v) is 6.23. The van der Waals surface area contributed by atoms with Crippen molar-refractivity contribution >= 4 is 20.0 Å². The Hall–Kier alpha value is 0.400. The van der Waals surface area contributed by atoms with Gasteiger partial charge in [-0.25, -0.2) is 0 Å². The highest BCUT2D eigenvalue weighted by atomic mass is 35.5. The average Bonchev–Trinajstić information content (AvgIpc) is 1.81. The Balaban J connectivity index is 0. The van der Waals surface area contributed by atoms with Crippen LogP contribution in [0.4, 0.5) is 0 Å². The van der Waals surface area contributed by atoms with E-state index in [1.807, 2.05) is 27.7 Å². The molecule has 0 aliphatic rings. The summed E-state index contributed by atoms with van der Waals surface area (Å²) in [5.41, 5.74) is 0. The van der Waals surface area contributed by atoms with Crippen LogP contribution in [0.2, 0.25) is 0 Å². The molecule has 0 saturated carbocycles. The highest BCUT2D eigenvalue weighted by Crippen LogP contribution is 2.49. The number of hydrogen-bond acceptors (Lipinski definition) is 4. The van der Waals surface area contributed by atoms with E-state index < -0.39 is 7.60 Å². The standard InChI is InChI=1S/C8H20NO3P.ClH/c1-7(2)11-13(10,6-9-5)12-8(3)4;/h7-9H,6H2,1-5H3;1H. The topological polar surface area (TPSA) is 47.6 Å². The molecule has 88 valence electrons. The molecule has 4 nitrogen and oxygen atoms in total. The third kappa shape index (κ3) is 7.77. The minimum absolute atomic E-state index is 0. The maximum atomic E-state index is 11.9. The molecule has 6 heteroatoms. The van der Waals surface area contributed by atoms with Crippen LogP contribution < -0.4 is 5.32 Å². The van der Waals surface area contributed by atoms with Crippen molar-refractivity contribution in [2.45, 2.75) is 39.9 Å². The van der Waals surface area contributed by atoms with Crippen LogP contribution in [0.25, 0.3) is 0 Å². The molecule has 14 heavy (non-hydrogen) atoms. The zero-order valence-corrected chi connectivity index (χ0v) is 11.2. The van der Waals surface area contributed by atoms with E-state index in [0.29, 0.717) is 0 Å². The van der Waals surface area contributed by atoms with Crippen LogP contribution in [0, 0.1) is 0 Å². The summed E-state index contributed by atoms with van der Waals surface area (Å²) in [6.07, 6.45) is 0.0828. The molecule has 0 amide bonds. The Kier molecular flexibility index (Phi) is 9.20. The largest absolute Gasteiger partial charge is 0.344 e. The number of rotatable bonds is 6. The van der Waals surface area contributed by atoms with Gasteiger partial charge in [-0.15, -0.1) is 12.4 Å². The van der Waals surface area contributed by atoms with Crippen LogP contribution in [0.5, 0.6) is 0 Å². The van der Waals surface area contributed by atoms with Crippen molar-refractivity contribution in [2.75, 3.05) is 13.3 Å². The predicted molar refractivity (Wildman–Crippen MR) is 61.2 cm³/mol. The van der Waals surface area contributed by atoms with E-state index in [4.69, 9.17) is 9.05 Å². The molecule has 0 aliphatic carbocycles. The SMILES string of the molecule is CNCP(=O)(OC(C)C)OC(C)C.Cl. The molecule has 0 bridgehead atoms. The van der Waals surface area contributed by atoms with Crippen LogP contribution >= 0.6 is 20.0 Å². The van der Waals surface area contributed by atoms with Crippen LogP contribution in [0.3, 0.4) is 0 Å². The monoisotopic (exact) mass is 245 g/mol. The molecule has 0 saturated heterocycles. The van der Waals surface area contributed by atoms with Gasteiger partial charge in [0.15, 0.2) is 0 Å². The van der Waals surface area contributed by atoms with Crippen LogP contribution in [-0.2, 0) is 13.6 Å². The fraction of sp³-hybridized carbons (Fsp3) is 1.00. The second kappa shape index (κ2) is 7.66. The normalized spacial score (nSPS) is 11.9.